The zero-order valence-corrected chi connectivity index (χ0v) is 19.5. The maximum atomic E-state index is 13.3. The number of nitrogens with two attached hydrogens (primary N) is 1. The zero-order chi connectivity index (χ0) is 22.8. The molecule has 0 bridgehead atoms. The number of likely N-dealkylation sites (tertiary alicyclic amines) is 1. The lowest BCUT2D eigenvalue weighted by molar-refractivity contribution is -0.147. The van der Waals surface area contributed by atoms with E-state index in [0.717, 1.165) is 34.2 Å². The number of aryl methyl sites for hydroxylation is 1. The number of fused-ring (bicyclic) bond motifs is 1. The summed E-state index contributed by atoms with van der Waals surface area (Å²) < 4.78 is 1.11. The summed E-state index contributed by atoms with van der Waals surface area (Å²) in [6.45, 7) is 6.85. The van der Waals surface area contributed by atoms with Gasteiger partial charge in [0.1, 0.15) is 5.82 Å². The van der Waals surface area contributed by atoms with Gasteiger partial charge in [0, 0.05) is 6.54 Å². The van der Waals surface area contributed by atoms with Crippen LogP contribution in [0.4, 0.5) is 11.5 Å². The fourth-order valence-electron chi connectivity index (χ4n) is 4.61. The Morgan fingerprint density at radius 2 is 2.06 bits per heavy atom. The molecule has 8 heteroatoms. The Morgan fingerprint density at radius 3 is 2.81 bits per heavy atom. The van der Waals surface area contributed by atoms with Crippen LogP contribution in [0, 0.1) is 11.8 Å². The van der Waals surface area contributed by atoms with Gasteiger partial charge < -0.3 is 16.0 Å². The standard InChI is InChI=1S/C24H29N5O2S/c1-4-15-10-20(17-6-7-21-19(9-17)27-13-32-21)29(12-14(15)3)24(31)23(30)28-18-8-16(5-2)22(25)26-11-18/h6-9,11,13-15,20H,4-5,10,12H2,1-3H3,(H2,25,26)(H,28,30)/t14-,15+,20-/m1/s1. The molecular formula is C24H29N5O2S. The lowest BCUT2D eigenvalue weighted by atomic mass is 9.79. The van der Waals surface area contributed by atoms with Gasteiger partial charge in [0.2, 0.25) is 0 Å². The van der Waals surface area contributed by atoms with Crippen molar-refractivity contribution < 1.29 is 9.59 Å². The number of pyridine rings is 1. The number of piperidine rings is 1. The Hall–Kier alpha value is -3.00. The highest BCUT2D eigenvalue weighted by Crippen LogP contribution is 2.39. The molecule has 1 aromatic carbocycles. The smallest absolute Gasteiger partial charge is 0.313 e. The van der Waals surface area contributed by atoms with Crippen LogP contribution in [0.25, 0.3) is 10.2 Å². The topological polar surface area (TPSA) is 101 Å². The van der Waals surface area contributed by atoms with Gasteiger partial charge in [-0.15, -0.1) is 11.3 Å². The van der Waals surface area contributed by atoms with Gasteiger partial charge >= 0.3 is 11.8 Å². The number of carbonyl (C=O) groups excluding carboxylic acids is 2. The van der Waals surface area contributed by atoms with Crippen molar-refractivity contribution in [2.45, 2.75) is 46.1 Å². The summed E-state index contributed by atoms with van der Waals surface area (Å²) in [7, 11) is 0. The molecule has 4 rings (SSSR count). The van der Waals surface area contributed by atoms with Crippen LogP contribution in [0.3, 0.4) is 0 Å². The Labute approximate surface area is 192 Å². The number of thiazole rings is 1. The van der Waals surface area contributed by atoms with E-state index >= 15 is 0 Å². The van der Waals surface area contributed by atoms with Crippen molar-refractivity contribution in [3.8, 4) is 0 Å². The molecule has 3 atom stereocenters. The van der Waals surface area contributed by atoms with Gasteiger partial charge in [-0.1, -0.05) is 33.3 Å². The fraction of sp³-hybridized carbons (Fsp3) is 0.417. The molecule has 1 aliphatic rings. The molecule has 0 aliphatic carbocycles. The largest absolute Gasteiger partial charge is 0.383 e. The molecule has 168 valence electrons. The number of nitrogens with one attached hydrogen (secondary N) is 1. The third-order valence-electron chi connectivity index (χ3n) is 6.55. The van der Waals surface area contributed by atoms with E-state index in [4.69, 9.17) is 5.73 Å². The first-order valence-corrected chi connectivity index (χ1v) is 12.0. The van der Waals surface area contributed by atoms with E-state index in [1.165, 1.54) is 6.20 Å². The predicted molar refractivity (Wildman–Crippen MR) is 128 cm³/mol. The van der Waals surface area contributed by atoms with Gasteiger partial charge in [0.25, 0.3) is 0 Å². The molecule has 32 heavy (non-hydrogen) atoms. The minimum absolute atomic E-state index is 0.156. The van der Waals surface area contributed by atoms with E-state index < -0.39 is 11.8 Å². The summed E-state index contributed by atoms with van der Waals surface area (Å²) in [4.78, 5) is 36.5. The predicted octanol–water partition coefficient (Wildman–Crippen LogP) is 4.41. The molecule has 3 heterocycles. The average Bonchev–Trinajstić information content (AvgIpc) is 3.27. The summed E-state index contributed by atoms with van der Waals surface area (Å²) in [5.74, 6) is 0.0717. The Bertz CT molecular complexity index is 1140. The summed E-state index contributed by atoms with van der Waals surface area (Å²) in [5, 5.41) is 2.72. The van der Waals surface area contributed by atoms with Crippen molar-refractivity contribution in [2.75, 3.05) is 17.6 Å². The van der Waals surface area contributed by atoms with E-state index in [9.17, 15) is 9.59 Å². The lowest BCUT2D eigenvalue weighted by Gasteiger charge is -2.43. The van der Waals surface area contributed by atoms with Crippen molar-refractivity contribution in [3.05, 3.63) is 47.1 Å². The summed E-state index contributed by atoms with van der Waals surface area (Å²) in [6.07, 6.45) is 4.05. The molecule has 0 saturated carbocycles. The number of carbonyl (C=O) groups is 2. The minimum atomic E-state index is -0.652. The number of nitrogen functional groups attached to an aromatic ring is 1. The van der Waals surface area contributed by atoms with Crippen LogP contribution in [0.1, 0.15) is 50.8 Å². The molecule has 0 radical (unpaired) electrons. The monoisotopic (exact) mass is 451 g/mol. The number of amides is 2. The van der Waals surface area contributed by atoms with Crippen LogP contribution in [0.2, 0.25) is 0 Å². The van der Waals surface area contributed by atoms with Crippen LogP contribution >= 0.6 is 11.3 Å². The van der Waals surface area contributed by atoms with Crippen molar-refractivity contribution in [1.82, 2.24) is 14.9 Å². The van der Waals surface area contributed by atoms with Gasteiger partial charge in [-0.05, 0) is 54.0 Å². The minimum Gasteiger partial charge on any atom is -0.383 e. The van der Waals surface area contributed by atoms with Crippen LogP contribution in [0.15, 0.2) is 36.0 Å². The van der Waals surface area contributed by atoms with Crippen LogP contribution < -0.4 is 11.1 Å². The molecule has 1 aliphatic heterocycles. The second-order valence-corrected chi connectivity index (χ2v) is 9.40. The molecule has 0 spiro atoms. The first-order chi connectivity index (χ1) is 15.4. The van der Waals surface area contributed by atoms with E-state index in [2.05, 4.69) is 47.3 Å². The van der Waals surface area contributed by atoms with Crippen molar-refractivity contribution in [2.24, 2.45) is 11.8 Å². The number of rotatable bonds is 4. The van der Waals surface area contributed by atoms with Crippen LogP contribution in [0.5, 0.6) is 0 Å². The first-order valence-electron chi connectivity index (χ1n) is 11.1. The molecule has 7 nitrogen and oxygen atoms in total. The maximum Gasteiger partial charge on any atom is 0.313 e. The highest BCUT2D eigenvalue weighted by atomic mass is 32.1. The van der Waals surface area contributed by atoms with Crippen LogP contribution in [-0.2, 0) is 16.0 Å². The molecule has 3 N–H and O–H groups in total. The van der Waals surface area contributed by atoms with Crippen LogP contribution in [-0.4, -0.2) is 33.2 Å². The quantitative estimate of drug-likeness (QED) is 0.572. The lowest BCUT2D eigenvalue weighted by Crippen LogP contribution is -2.48. The van der Waals surface area contributed by atoms with Gasteiger partial charge in [-0.25, -0.2) is 9.97 Å². The number of benzene rings is 1. The molecular weight excluding hydrogens is 422 g/mol. The van der Waals surface area contributed by atoms with E-state index in [1.54, 1.807) is 22.3 Å². The molecule has 1 fully saturated rings. The SMILES string of the molecule is CCc1cc(NC(=O)C(=O)N2C[C@@H](C)[C@@H](CC)C[C@@H]2c2ccc3scnc3c2)cnc1N. The summed E-state index contributed by atoms with van der Waals surface area (Å²) in [6, 6.07) is 7.78. The van der Waals surface area contributed by atoms with E-state index in [0.29, 0.717) is 36.3 Å². The fourth-order valence-corrected chi connectivity index (χ4v) is 5.27. The average molecular weight is 452 g/mol. The number of nitrogens with zero attached hydrogens (tertiary/aromatic N) is 3. The Kier molecular flexibility index (Phi) is 6.41. The van der Waals surface area contributed by atoms with Crippen molar-refractivity contribution in [1.29, 1.82) is 0 Å². The molecule has 0 unspecified atom stereocenters. The highest BCUT2D eigenvalue weighted by molar-refractivity contribution is 7.16. The zero-order valence-electron chi connectivity index (χ0n) is 18.7. The van der Waals surface area contributed by atoms with Gasteiger partial charge in [0.15, 0.2) is 0 Å². The summed E-state index contributed by atoms with van der Waals surface area (Å²) >= 11 is 1.59. The second kappa shape index (κ2) is 9.24. The highest BCUT2D eigenvalue weighted by Gasteiger charge is 2.38. The molecule has 2 amide bonds. The maximum absolute atomic E-state index is 13.3. The van der Waals surface area contributed by atoms with Gasteiger partial charge in [-0.3, -0.25) is 9.59 Å². The van der Waals surface area contributed by atoms with Gasteiger partial charge in [0.05, 0.1) is 33.7 Å². The van der Waals surface area contributed by atoms with E-state index in [1.807, 2.05) is 12.4 Å². The number of hydrogen-bond donors (Lipinski definition) is 2. The van der Waals surface area contributed by atoms with Gasteiger partial charge in [-0.2, -0.15) is 0 Å². The molecule has 2 aromatic heterocycles. The van der Waals surface area contributed by atoms with Crippen molar-refractivity contribution in [3.63, 3.8) is 0 Å². The number of anilines is 2. The Balaban J connectivity index is 1.60. The number of aromatic nitrogens is 2. The second-order valence-electron chi connectivity index (χ2n) is 8.51. The number of hydrogen-bond acceptors (Lipinski definition) is 6. The normalized spacial score (nSPS) is 21.0. The molecule has 1 saturated heterocycles. The first kappa shape index (κ1) is 22.2. The molecule has 3 aromatic rings. The van der Waals surface area contributed by atoms with Crippen molar-refractivity contribution >= 4 is 44.9 Å². The third kappa shape index (κ3) is 4.32. The van der Waals surface area contributed by atoms with E-state index in [-0.39, 0.29) is 6.04 Å². The third-order valence-corrected chi connectivity index (χ3v) is 7.36. The summed E-state index contributed by atoms with van der Waals surface area (Å²) in [5.41, 5.74) is 11.0. The Morgan fingerprint density at radius 1 is 1.25 bits per heavy atom.